The van der Waals surface area contributed by atoms with Crippen LogP contribution in [-0.2, 0) is 0 Å². The molecule has 1 aromatic rings. The molecule has 0 unspecified atom stereocenters. The number of carbonyl (C=O) groups excluding carboxylic acids is 1. The van der Waals surface area contributed by atoms with E-state index in [1.807, 2.05) is 0 Å². The number of carbonyl (C=O) groups is 1. The molecule has 3 rings (SSSR count). The summed E-state index contributed by atoms with van der Waals surface area (Å²) in [6, 6.07) is 0.361. The molecular formula is C20H31N4O3. The minimum absolute atomic E-state index is 0. The van der Waals surface area contributed by atoms with E-state index in [2.05, 4.69) is 27.0 Å². The van der Waals surface area contributed by atoms with Gasteiger partial charge in [-0.1, -0.05) is 21.3 Å². The highest BCUT2D eigenvalue weighted by molar-refractivity contribution is 5.96. The van der Waals surface area contributed by atoms with Crippen molar-refractivity contribution in [3.63, 3.8) is 0 Å². The molecule has 1 amide bonds. The van der Waals surface area contributed by atoms with Gasteiger partial charge in [0.1, 0.15) is 5.56 Å². The molecule has 149 valence electrons. The molecule has 5 radical (unpaired) electrons. The Morgan fingerprint density at radius 3 is 2.63 bits per heavy atom. The van der Waals surface area contributed by atoms with Crippen LogP contribution in [0, 0.1) is 21.3 Å². The smallest absolute Gasteiger partial charge is 0.258 e. The van der Waals surface area contributed by atoms with Gasteiger partial charge in [-0.25, -0.2) is 4.98 Å². The molecule has 2 atom stereocenters. The summed E-state index contributed by atoms with van der Waals surface area (Å²) in [5.41, 5.74) is 0.331. The van der Waals surface area contributed by atoms with Crippen LogP contribution in [0.15, 0.2) is 6.20 Å². The van der Waals surface area contributed by atoms with Gasteiger partial charge in [0.05, 0.1) is 13.2 Å². The van der Waals surface area contributed by atoms with Gasteiger partial charge in [0.15, 0.2) is 0 Å². The summed E-state index contributed by atoms with van der Waals surface area (Å²) in [6.45, 7) is 0. The topological polar surface area (TPSA) is 96.4 Å². The van der Waals surface area contributed by atoms with Crippen molar-refractivity contribution in [2.24, 2.45) is 0 Å². The number of anilines is 1. The summed E-state index contributed by atoms with van der Waals surface area (Å²) in [6.07, 6.45) is 10.9. The van der Waals surface area contributed by atoms with E-state index in [1.165, 1.54) is 19.7 Å². The van der Waals surface area contributed by atoms with E-state index >= 15 is 0 Å². The van der Waals surface area contributed by atoms with E-state index in [0.717, 1.165) is 38.5 Å². The second-order valence-electron chi connectivity index (χ2n) is 6.87. The average Bonchev–Trinajstić information content (AvgIpc) is 2.57. The number of methoxy groups -OCH3 is 1. The van der Waals surface area contributed by atoms with Crippen molar-refractivity contribution in [2.45, 2.75) is 69.6 Å². The van der Waals surface area contributed by atoms with E-state index in [1.54, 1.807) is 0 Å². The van der Waals surface area contributed by atoms with Gasteiger partial charge < -0.3 is 20.5 Å². The monoisotopic (exact) mass is 375 g/mol. The van der Waals surface area contributed by atoms with Crippen LogP contribution >= 0.6 is 0 Å². The van der Waals surface area contributed by atoms with Gasteiger partial charge in [-0.05, 0) is 51.4 Å². The molecule has 0 saturated heterocycles. The summed E-state index contributed by atoms with van der Waals surface area (Å²) in [7, 11) is 1.50. The van der Waals surface area contributed by atoms with Crippen LogP contribution < -0.4 is 15.4 Å². The molecule has 0 bridgehead atoms. The molecule has 3 N–H and O–H groups in total. The van der Waals surface area contributed by atoms with Gasteiger partial charge in [0.25, 0.3) is 5.91 Å². The fraction of sp³-hybridized carbons (Fsp3) is 0.600. The largest absolute Gasteiger partial charge is 0.480 e. The molecule has 1 heterocycles. The molecule has 1 aromatic heterocycles. The lowest BCUT2D eigenvalue weighted by atomic mass is 9.93. The number of amides is 1. The number of aliphatic hydroxyl groups is 1. The first kappa shape index (κ1) is 23.1. The zero-order chi connectivity index (χ0) is 17.6. The minimum Gasteiger partial charge on any atom is -0.480 e. The lowest BCUT2D eigenvalue weighted by Gasteiger charge is -2.26. The van der Waals surface area contributed by atoms with E-state index in [0.29, 0.717) is 24.0 Å². The third-order valence-electron chi connectivity index (χ3n) is 4.95. The van der Waals surface area contributed by atoms with Crippen LogP contribution in [0.2, 0.25) is 0 Å². The fourth-order valence-electron chi connectivity index (χ4n) is 3.17. The Balaban J connectivity index is 0.00000182. The summed E-state index contributed by atoms with van der Waals surface area (Å²) in [5, 5.41) is 16.1. The number of aromatic nitrogens is 2. The number of hydrogen-bond donors (Lipinski definition) is 3. The standard InChI is InChI=1S/C18H27N4O3.2CH2/c1-25-17-15(11-19-18(22-17)21-12-6-4-7-12)16(24)20-13-5-2-3-8-14(23)10-9-13;;/h5,11-14,23H,2-4,6-10H2,1H3,(H,20,24)(H,19,21,22);2*1H2/t13-,14+;;/m1../s1. The van der Waals surface area contributed by atoms with Gasteiger partial charge in [-0.15, -0.1) is 0 Å². The van der Waals surface area contributed by atoms with Crippen LogP contribution in [0.3, 0.4) is 0 Å². The van der Waals surface area contributed by atoms with Gasteiger partial charge in [-0.3, -0.25) is 4.79 Å². The summed E-state index contributed by atoms with van der Waals surface area (Å²) < 4.78 is 5.29. The molecule has 2 saturated carbocycles. The highest BCUT2D eigenvalue weighted by atomic mass is 16.5. The van der Waals surface area contributed by atoms with Gasteiger partial charge in [-0.2, -0.15) is 4.98 Å². The molecule has 27 heavy (non-hydrogen) atoms. The van der Waals surface area contributed by atoms with Gasteiger partial charge in [0.2, 0.25) is 11.8 Å². The van der Waals surface area contributed by atoms with E-state index in [-0.39, 0.29) is 38.8 Å². The zero-order valence-corrected chi connectivity index (χ0v) is 16.1. The molecule has 2 aliphatic rings. The second kappa shape index (κ2) is 11.1. The SMILES string of the molecule is COc1nc(NC2CCC2)ncc1C(=O)N[C@@H]1[CH]CCC[C@H](O)CC1.[CH2].[CH2]. The Hall–Kier alpha value is -1.89. The normalized spacial score (nSPS) is 22.7. The van der Waals surface area contributed by atoms with E-state index < -0.39 is 0 Å². The molecule has 2 aliphatic carbocycles. The van der Waals surface area contributed by atoms with Crippen molar-refractivity contribution in [1.82, 2.24) is 15.3 Å². The zero-order valence-electron chi connectivity index (χ0n) is 16.1. The number of rotatable bonds is 5. The fourth-order valence-corrected chi connectivity index (χ4v) is 3.17. The maximum atomic E-state index is 12.6. The van der Waals surface area contributed by atoms with Crippen molar-refractivity contribution < 1.29 is 14.6 Å². The Labute approximate surface area is 163 Å². The summed E-state index contributed by atoms with van der Waals surface area (Å²) in [5.74, 6) is 0.530. The summed E-state index contributed by atoms with van der Waals surface area (Å²) in [4.78, 5) is 21.2. The van der Waals surface area contributed by atoms with E-state index in [9.17, 15) is 9.90 Å². The Kier molecular flexibility index (Phi) is 9.49. The van der Waals surface area contributed by atoms with Crippen LogP contribution in [0.25, 0.3) is 0 Å². The Bertz CT molecular complexity index is 593. The Morgan fingerprint density at radius 1 is 1.19 bits per heavy atom. The van der Waals surface area contributed by atoms with Crippen LogP contribution in [0.5, 0.6) is 5.88 Å². The maximum Gasteiger partial charge on any atom is 0.258 e. The second-order valence-corrected chi connectivity index (χ2v) is 6.87. The number of hydrogen-bond acceptors (Lipinski definition) is 6. The third-order valence-corrected chi connectivity index (χ3v) is 4.95. The quantitative estimate of drug-likeness (QED) is 0.732. The van der Waals surface area contributed by atoms with Crippen LogP contribution in [-0.4, -0.2) is 46.3 Å². The first-order valence-electron chi connectivity index (χ1n) is 9.15. The molecule has 0 spiro atoms. The first-order valence-corrected chi connectivity index (χ1v) is 9.15. The highest BCUT2D eigenvalue weighted by Gasteiger charge is 2.23. The van der Waals surface area contributed by atoms with Crippen molar-refractivity contribution in [1.29, 1.82) is 0 Å². The lowest BCUT2D eigenvalue weighted by molar-refractivity contribution is 0.0921. The van der Waals surface area contributed by atoms with Crippen LogP contribution in [0.1, 0.15) is 61.7 Å². The van der Waals surface area contributed by atoms with Gasteiger partial charge >= 0.3 is 0 Å². The molecule has 0 aliphatic heterocycles. The van der Waals surface area contributed by atoms with Crippen molar-refractivity contribution >= 4 is 11.9 Å². The van der Waals surface area contributed by atoms with E-state index in [4.69, 9.17) is 4.74 Å². The highest BCUT2D eigenvalue weighted by Crippen LogP contribution is 2.24. The minimum atomic E-state index is -0.275. The first-order chi connectivity index (χ1) is 12.2. The number of aliphatic hydroxyl groups excluding tert-OH is 1. The maximum absolute atomic E-state index is 12.6. The predicted octanol–water partition coefficient (Wildman–Crippen LogP) is 2.73. The molecular weight excluding hydrogens is 344 g/mol. The average molecular weight is 375 g/mol. The Morgan fingerprint density at radius 2 is 1.96 bits per heavy atom. The van der Waals surface area contributed by atoms with Gasteiger partial charge in [0, 0.05) is 18.3 Å². The molecule has 7 nitrogen and oxygen atoms in total. The van der Waals surface area contributed by atoms with Crippen molar-refractivity contribution in [3.05, 3.63) is 33.0 Å². The third kappa shape index (κ3) is 6.34. The molecule has 7 heteroatoms. The number of nitrogens with one attached hydrogen (secondary N) is 2. The van der Waals surface area contributed by atoms with Crippen molar-refractivity contribution in [3.8, 4) is 5.88 Å². The molecule has 2 fully saturated rings. The number of ether oxygens (including phenoxy) is 1. The summed E-state index contributed by atoms with van der Waals surface area (Å²) >= 11 is 0. The van der Waals surface area contributed by atoms with Crippen LogP contribution in [0.4, 0.5) is 5.95 Å². The lowest BCUT2D eigenvalue weighted by Crippen LogP contribution is -2.37. The van der Waals surface area contributed by atoms with Crippen molar-refractivity contribution in [2.75, 3.05) is 12.4 Å². The predicted molar refractivity (Wildman–Crippen MR) is 105 cm³/mol. The number of nitrogens with zero attached hydrogens (tertiary/aromatic N) is 2. The molecule has 0 aromatic carbocycles.